The van der Waals surface area contributed by atoms with E-state index in [1.807, 2.05) is 31.2 Å². The lowest BCUT2D eigenvalue weighted by atomic mass is 10.1. The van der Waals surface area contributed by atoms with Gasteiger partial charge >= 0.3 is 0 Å². The van der Waals surface area contributed by atoms with Gasteiger partial charge in [-0.3, -0.25) is 13.9 Å². The van der Waals surface area contributed by atoms with E-state index in [9.17, 15) is 22.4 Å². The maximum atomic E-state index is 14.0. The van der Waals surface area contributed by atoms with E-state index in [4.69, 9.17) is 9.47 Å². The van der Waals surface area contributed by atoms with Gasteiger partial charge in [0.25, 0.3) is 10.0 Å². The lowest BCUT2D eigenvalue weighted by Crippen LogP contribution is -2.51. The van der Waals surface area contributed by atoms with E-state index >= 15 is 0 Å². The number of carbonyl (C=O) groups excluding carboxylic acids is 2. The van der Waals surface area contributed by atoms with Crippen LogP contribution < -0.4 is 19.1 Å². The third kappa shape index (κ3) is 7.60. The van der Waals surface area contributed by atoms with Gasteiger partial charge in [-0.05, 0) is 67.4 Å². The van der Waals surface area contributed by atoms with Crippen LogP contribution in [-0.2, 0) is 26.2 Å². The van der Waals surface area contributed by atoms with Crippen molar-refractivity contribution in [1.29, 1.82) is 0 Å². The molecule has 0 unspecified atom stereocenters. The fourth-order valence-electron chi connectivity index (χ4n) is 4.35. The van der Waals surface area contributed by atoms with Gasteiger partial charge in [-0.1, -0.05) is 41.4 Å². The Kier molecular flexibility index (Phi) is 10.4. The quantitative estimate of drug-likeness (QED) is 0.277. The number of amides is 2. The Morgan fingerprint density at radius 3 is 2.33 bits per heavy atom. The number of rotatable bonds is 12. The molecule has 0 fully saturated rings. The van der Waals surface area contributed by atoms with Crippen LogP contribution in [0.15, 0.2) is 76.1 Å². The first-order valence-corrected chi connectivity index (χ1v) is 15.8. The van der Waals surface area contributed by atoms with Crippen molar-refractivity contribution in [3.05, 3.63) is 82.6 Å². The minimum Gasteiger partial charge on any atom is -0.486 e. The molecule has 2 amide bonds. The minimum absolute atomic E-state index is 0.0653. The molecule has 0 bridgehead atoms. The molecular formula is C30H33BrFN3O6S. The van der Waals surface area contributed by atoms with Crippen LogP contribution in [0.1, 0.15) is 32.3 Å². The van der Waals surface area contributed by atoms with Crippen molar-refractivity contribution in [1.82, 2.24) is 10.2 Å². The summed E-state index contributed by atoms with van der Waals surface area (Å²) in [6.45, 7) is 4.11. The molecule has 0 saturated carbocycles. The minimum atomic E-state index is -4.35. The van der Waals surface area contributed by atoms with E-state index in [0.29, 0.717) is 18.9 Å². The third-order valence-corrected chi connectivity index (χ3v) is 9.06. The fourth-order valence-corrected chi connectivity index (χ4v) is 6.05. The van der Waals surface area contributed by atoms with E-state index in [2.05, 4.69) is 21.2 Å². The zero-order chi connectivity index (χ0) is 30.3. The molecule has 1 heterocycles. The van der Waals surface area contributed by atoms with Gasteiger partial charge in [0.05, 0.1) is 10.6 Å². The molecule has 3 aromatic carbocycles. The molecule has 1 atom stereocenters. The van der Waals surface area contributed by atoms with E-state index < -0.39 is 34.3 Å². The van der Waals surface area contributed by atoms with E-state index in [-0.39, 0.29) is 35.4 Å². The molecule has 12 heteroatoms. The van der Waals surface area contributed by atoms with Gasteiger partial charge in [0, 0.05) is 23.6 Å². The summed E-state index contributed by atoms with van der Waals surface area (Å²) in [6.07, 6.45) is 1.67. The number of fused-ring (bicyclic) bond motifs is 1. The number of nitrogens with zero attached hydrogens (tertiary/aromatic N) is 2. The number of anilines is 1. The molecule has 9 nitrogen and oxygen atoms in total. The predicted octanol–water partition coefficient (Wildman–Crippen LogP) is 4.89. The molecule has 0 aromatic heterocycles. The number of unbranched alkanes of at least 4 members (excludes halogenated alkanes) is 1. The highest BCUT2D eigenvalue weighted by Crippen LogP contribution is 2.34. The van der Waals surface area contributed by atoms with E-state index in [1.54, 1.807) is 6.92 Å². The Morgan fingerprint density at radius 2 is 1.67 bits per heavy atom. The van der Waals surface area contributed by atoms with Gasteiger partial charge in [0.1, 0.15) is 31.6 Å². The summed E-state index contributed by atoms with van der Waals surface area (Å²) in [6, 6.07) is 15.4. The average Bonchev–Trinajstić information content (AvgIpc) is 2.99. The number of ether oxygens (including phenoxy) is 2. The number of hydrogen-bond acceptors (Lipinski definition) is 6. The van der Waals surface area contributed by atoms with Gasteiger partial charge in [0.2, 0.25) is 11.8 Å². The van der Waals surface area contributed by atoms with Crippen molar-refractivity contribution < 1.29 is 31.9 Å². The van der Waals surface area contributed by atoms with E-state index in [1.165, 1.54) is 35.2 Å². The molecule has 1 N–H and O–H groups in total. The van der Waals surface area contributed by atoms with Crippen molar-refractivity contribution in [2.45, 2.75) is 44.2 Å². The second-order valence-corrected chi connectivity index (χ2v) is 12.5. The Morgan fingerprint density at radius 1 is 1.00 bits per heavy atom. The summed E-state index contributed by atoms with van der Waals surface area (Å²) in [7, 11) is -4.35. The highest BCUT2D eigenvalue weighted by Gasteiger charge is 2.33. The Hall–Kier alpha value is -3.64. The molecule has 0 aliphatic carbocycles. The lowest BCUT2D eigenvalue weighted by molar-refractivity contribution is -0.139. The first-order chi connectivity index (χ1) is 20.1. The Labute approximate surface area is 253 Å². The zero-order valence-corrected chi connectivity index (χ0v) is 25.8. The number of carbonyl (C=O) groups is 2. The Balaban J connectivity index is 1.69. The first-order valence-electron chi connectivity index (χ1n) is 13.6. The van der Waals surface area contributed by atoms with E-state index in [0.717, 1.165) is 39.3 Å². The summed E-state index contributed by atoms with van der Waals surface area (Å²) >= 11 is 3.40. The topological polar surface area (TPSA) is 105 Å². The van der Waals surface area contributed by atoms with Gasteiger partial charge in [-0.15, -0.1) is 0 Å². The van der Waals surface area contributed by atoms with Crippen LogP contribution >= 0.6 is 15.9 Å². The summed E-state index contributed by atoms with van der Waals surface area (Å²) in [5.41, 5.74) is 0.839. The standard InChI is InChI=1S/C30H33BrFN3O6S/c1-3-4-15-33-30(37)21(2)34(19-22-5-7-23(31)8-6-22)29(36)20-35(25-11-9-24(32)10-12-25)42(38,39)26-13-14-27-28(18-26)41-17-16-40-27/h5-14,18,21H,3-4,15-17,19-20H2,1-2H3,(H,33,37)/t21-/m1/s1. The van der Waals surface area contributed by atoms with Crippen LogP contribution in [-0.4, -0.2) is 57.5 Å². The highest BCUT2D eigenvalue weighted by molar-refractivity contribution is 9.10. The van der Waals surface area contributed by atoms with Gasteiger partial charge < -0.3 is 19.7 Å². The average molecular weight is 663 g/mol. The number of benzene rings is 3. The van der Waals surface area contributed by atoms with Crippen LogP contribution in [0, 0.1) is 5.82 Å². The van der Waals surface area contributed by atoms with Crippen molar-refractivity contribution in [2.24, 2.45) is 0 Å². The van der Waals surface area contributed by atoms with Crippen LogP contribution in [0.2, 0.25) is 0 Å². The number of sulfonamides is 1. The predicted molar refractivity (Wildman–Crippen MR) is 160 cm³/mol. The molecule has 224 valence electrons. The lowest BCUT2D eigenvalue weighted by Gasteiger charge is -2.32. The largest absolute Gasteiger partial charge is 0.486 e. The van der Waals surface area contributed by atoms with Crippen molar-refractivity contribution >= 4 is 43.5 Å². The second-order valence-electron chi connectivity index (χ2n) is 9.76. The van der Waals surface area contributed by atoms with Gasteiger partial charge in [-0.25, -0.2) is 12.8 Å². The van der Waals surface area contributed by atoms with Crippen LogP contribution in [0.3, 0.4) is 0 Å². The number of halogens is 2. The molecule has 1 aliphatic rings. The maximum Gasteiger partial charge on any atom is 0.264 e. The monoisotopic (exact) mass is 661 g/mol. The molecule has 42 heavy (non-hydrogen) atoms. The third-order valence-electron chi connectivity index (χ3n) is 6.76. The van der Waals surface area contributed by atoms with Crippen LogP contribution in [0.5, 0.6) is 11.5 Å². The van der Waals surface area contributed by atoms with Gasteiger partial charge in [0.15, 0.2) is 11.5 Å². The normalized spacial score (nSPS) is 13.2. The molecule has 0 saturated heterocycles. The summed E-state index contributed by atoms with van der Waals surface area (Å²) in [5.74, 6) is -0.843. The van der Waals surface area contributed by atoms with Crippen LogP contribution in [0.25, 0.3) is 0 Å². The summed E-state index contributed by atoms with van der Waals surface area (Å²) in [5, 5.41) is 2.85. The number of nitrogens with one attached hydrogen (secondary N) is 1. The zero-order valence-electron chi connectivity index (χ0n) is 23.4. The van der Waals surface area contributed by atoms with Crippen molar-refractivity contribution in [2.75, 3.05) is 30.6 Å². The summed E-state index contributed by atoms with van der Waals surface area (Å²) < 4.78 is 54.7. The van der Waals surface area contributed by atoms with Crippen molar-refractivity contribution in [3.63, 3.8) is 0 Å². The first kappa shape index (κ1) is 31.3. The number of hydrogen-bond donors (Lipinski definition) is 1. The fraction of sp³-hybridized carbons (Fsp3) is 0.333. The van der Waals surface area contributed by atoms with Crippen LogP contribution in [0.4, 0.5) is 10.1 Å². The molecular weight excluding hydrogens is 629 g/mol. The summed E-state index contributed by atoms with van der Waals surface area (Å²) in [4.78, 5) is 28.2. The van der Waals surface area contributed by atoms with Gasteiger partial charge in [-0.2, -0.15) is 0 Å². The highest BCUT2D eigenvalue weighted by atomic mass is 79.9. The smallest absolute Gasteiger partial charge is 0.264 e. The molecule has 0 spiro atoms. The maximum absolute atomic E-state index is 14.0. The molecule has 0 radical (unpaired) electrons. The second kappa shape index (κ2) is 14.0. The molecule has 3 aromatic rings. The SMILES string of the molecule is CCCCNC(=O)[C@@H](C)N(Cc1ccc(Br)cc1)C(=O)CN(c1ccc(F)cc1)S(=O)(=O)c1ccc2c(c1)OCCO2. The molecule has 1 aliphatic heterocycles. The van der Waals surface area contributed by atoms with Crippen molar-refractivity contribution in [3.8, 4) is 11.5 Å². The Bertz CT molecular complexity index is 1500. The molecule has 4 rings (SSSR count).